The third kappa shape index (κ3) is 8.73. The van der Waals surface area contributed by atoms with Crippen LogP contribution < -0.4 is 9.80 Å². The van der Waals surface area contributed by atoms with Crippen molar-refractivity contribution >= 4 is 99.3 Å². The predicted molar refractivity (Wildman–Crippen MR) is 459 cm³/mol. The lowest BCUT2D eigenvalue weighted by atomic mass is 9.70. The van der Waals surface area contributed by atoms with E-state index >= 15 is 0 Å². The summed E-state index contributed by atoms with van der Waals surface area (Å²) in [7, 11) is 0. The lowest BCUT2D eigenvalue weighted by Gasteiger charge is -2.33. The first-order chi connectivity index (χ1) is 54.6. The predicted octanol–water partition coefficient (Wildman–Crippen LogP) is 27.5. The van der Waals surface area contributed by atoms with Gasteiger partial charge in [0.05, 0.1) is 44.3 Å². The number of aromatic nitrogens is 2. The van der Waals surface area contributed by atoms with Crippen LogP contribution in [0.1, 0.15) is 44.5 Å². The first-order valence-electron chi connectivity index (χ1n) is 38.2. The Bertz CT molecular complexity index is 6650. The van der Waals surface area contributed by atoms with Gasteiger partial charge in [-0.2, -0.15) is 0 Å². The van der Waals surface area contributed by atoms with E-state index in [9.17, 15) is 0 Å². The number of anilines is 6. The molecule has 0 N–H and O–H groups in total. The minimum Gasteiger partial charge on any atom is -0.310 e. The van der Waals surface area contributed by atoms with Gasteiger partial charge in [-0.1, -0.05) is 303 Å². The molecule has 0 saturated carbocycles. The molecule has 2 heterocycles. The summed E-state index contributed by atoms with van der Waals surface area (Å²) in [6.45, 7) is 0. The van der Waals surface area contributed by atoms with Gasteiger partial charge in [-0.05, 0) is 209 Å². The molecule has 4 nitrogen and oxygen atoms in total. The number of nitrogens with zero attached hydrogens (tertiary/aromatic N) is 4. The number of hydrogen-bond acceptors (Lipinski definition) is 2. The van der Waals surface area contributed by atoms with Gasteiger partial charge in [0.25, 0.3) is 0 Å². The first kappa shape index (κ1) is 61.9. The fourth-order valence-corrected chi connectivity index (χ4v) is 20.0. The molecule has 0 fully saturated rings. The number of rotatable bonds is 8. The molecule has 0 atom stereocenters. The summed E-state index contributed by atoms with van der Waals surface area (Å²) in [5, 5.41) is 9.98. The zero-order valence-corrected chi connectivity index (χ0v) is 60.0. The maximum Gasteiger partial charge on any atom is 0.0727 e. The Morgan fingerprint density at radius 2 is 0.436 bits per heavy atom. The first-order valence-corrected chi connectivity index (χ1v) is 38.2. The molecular weight excluding hydrogens is 1330 g/mol. The average Bonchev–Trinajstić information content (AvgIpc) is 0.722. The second kappa shape index (κ2) is 24.1. The summed E-state index contributed by atoms with van der Waals surface area (Å²) in [6, 6.07) is 153. The molecule has 0 radical (unpaired) electrons. The smallest absolute Gasteiger partial charge is 0.0727 e. The zero-order chi connectivity index (χ0) is 72.2. The normalized spacial score (nSPS) is 13.2. The van der Waals surface area contributed by atoms with Gasteiger partial charge in [-0.25, -0.2) is 0 Å². The second-order valence-corrected chi connectivity index (χ2v) is 29.7. The Morgan fingerprint density at radius 1 is 0.173 bits per heavy atom. The fourth-order valence-electron chi connectivity index (χ4n) is 20.0. The molecule has 512 valence electrons. The van der Waals surface area contributed by atoms with Gasteiger partial charge in [0.15, 0.2) is 0 Å². The van der Waals surface area contributed by atoms with E-state index in [0.29, 0.717) is 0 Å². The van der Waals surface area contributed by atoms with Crippen LogP contribution in [0.2, 0.25) is 0 Å². The Labute approximate surface area is 637 Å². The summed E-state index contributed by atoms with van der Waals surface area (Å²) >= 11 is 0. The molecule has 2 aromatic heterocycles. The summed E-state index contributed by atoms with van der Waals surface area (Å²) in [5.41, 5.74) is 34.0. The summed E-state index contributed by atoms with van der Waals surface area (Å²) < 4.78 is 4.91. The van der Waals surface area contributed by atoms with E-state index in [1.807, 2.05) is 0 Å². The molecule has 0 unspecified atom stereocenters. The van der Waals surface area contributed by atoms with Gasteiger partial charge < -0.3 is 18.9 Å². The molecule has 24 rings (SSSR count). The summed E-state index contributed by atoms with van der Waals surface area (Å²) in [4.78, 5) is 4.88. The summed E-state index contributed by atoms with van der Waals surface area (Å²) in [6.07, 6.45) is 0. The Hall–Kier alpha value is -14.3. The molecule has 0 saturated heterocycles. The van der Waals surface area contributed by atoms with Crippen LogP contribution in [0.5, 0.6) is 0 Å². The van der Waals surface area contributed by atoms with E-state index in [4.69, 9.17) is 0 Å². The molecule has 2 spiro atoms. The lowest BCUT2D eigenvalue weighted by Crippen LogP contribution is -2.26. The van der Waals surface area contributed by atoms with Crippen molar-refractivity contribution in [2.75, 3.05) is 9.80 Å². The highest BCUT2D eigenvalue weighted by Crippen LogP contribution is 2.66. The monoisotopic (exact) mass is 1400 g/mol. The van der Waals surface area contributed by atoms with Gasteiger partial charge in [-0.3, -0.25) is 0 Å². The van der Waals surface area contributed by atoms with Crippen LogP contribution >= 0.6 is 0 Å². The summed E-state index contributed by atoms with van der Waals surface area (Å²) in [5.74, 6) is 0. The number of para-hydroxylation sites is 6. The topological polar surface area (TPSA) is 16.3 Å². The maximum atomic E-state index is 2.49. The standard InChI is InChI=1S/C57H38N2.C49H30N2/c1-3-21-41(22-4-1)58(55-31-15-19-39-17-7-9-25-45(39)55)43-33-35-49-50-36-34-44(59(42-23-5-2-6-24-42)56-32-16-20-40-18-8-10-26-46(40)56)38-54(50)57(53(49)37-43)51-29-13-11-27-47(51)48-28-12-14-30-52(48)57;1-7-19-41-33(13-1)34-14-2-8-20-42(34)49(41)43-29-31(50-45-21-9-3-15-37(45)38-16-4-10-22-46(38)50)25-27-35(43)36-28-26-32(30-44(36)49)51-47-23-11-5-17-39(47)40-18-6-12-24-48(40)51/h1-38H;1-30H. The molecule has 4 aliphatic carbocycles. The molecule has 0 aliphatic heterocycles. The van der Waals surface area contributed by atoms with Crippen LogP contribution in [0.15, 0.2) is 413 Å². The van der Waals surface area contributed by atoms with Crippen LogP contribution in [0.4, 0.5) is 34.1 Å². The largest absolute Gasteiger partial charge is 0.310 e. The van der Waals surface area contributed by atoms with E-state index in [1.165, 1.54) is 166 Å². The van der Waals surface area contributed by atoms with Crippen LogP contribution in [0.3, 0.4) is 0 Å². The molecule has 0 amide bonds. The van der Waals surface area contributed by atoms with Crippen LogP contribution in [0, 0.1) is 0 Å². The van der Waals surface area contributed by atoms with Crippen molar-refractivity contribution in [2.45, 2.75) is 10.8 Å². The van der Waals surface area contributed by atoms with Gasteiger partial charge in [0, 0.05) is 66.4 Å². The van der Waals surface area contributed by atoms with Crippen LogP contribution in [0.25, 0.3) is 121 Å². The molecule has 18 aromatic carbocycles. The number of fused-ring (bicyclic) bond motifs is 28. The number of benzene rings is 18. The quantitative estimate of drug-likeness (QED) is 0.151. The SMILES string of the molecule is c1ccc(N(c2ccc3c(c2)C2(c4ccccc4-c4ccccc42)c2cc(N(c4ccccc4)c4cccc5ccccc45)ccc2-3)c2cccc3ccccc23)cc1.c1ccc2c(c1)-c1ccccc1C21c2cc(-n3c4ccccc4c4ccccc43)ccc2-c2ccc(-n3c4ccccc4c4ccccc43)cc21. The van der Waals surface area contributed by atoms with Crippen molar-refractivity contribution < 1.29 is 0 Å². The second-order valence-electron chi connectivity index (χ2n) is 29.7. The van der Waals surface area contributed by atoms with Crippen molar-refractivity contribution in [3.63, 3.8) is 0 Å². The van der Waals surface area contributed by atoms with Gasteiger partial charge >= 0.3 is 0 Å². The van der Waals surface area contributed by atoms with E-state index in [0.717, 1.165) is 34.1 Å². The van der Waals surface area contributed by atoms with Crippen molar-refractivity contribution in [1.29, 1.82) is 0 Å². The van der Waals surface area contributed by atoms with Crippen LogP contribution in [-0.4, -0.2) is 9.13 Å². The van der Waals surface area contributed by atoms with E-state index < -0.39 is 10.8 Å². The molecule has 110 heavy (non-hydrogen) atoms. The molecule has 20 aromatic rings. The van der Waals surface area contributed by atoms with E-state index in [-0.39, 0.29) is 0 Å². The van der Waals surface area contributed by atoms with Crippen molar-refractivity contribution in [3.05, 3.63) is 457 Å². The Kier molecular flexibility index (Phi) is 13.6. The molecule has 0 bridgehead atoms. The van der Waals surface area contributed by atoms with Gasteiger partial charge in [-0.15, -0.1) is 0 Å². The van der Waals surface area contributed by atoms with Gasteiger partial charge in [0.2, 0.25) is 0 Å². The number of hydrogen-bond donors (Lipinski definition) is 0. The van der Waals surface area contributed by atoms with Crippen molar-refractivity contribution in [1.82, 2.24) is 9.13 Å². The minimum absolute atomic E-state index is 0.471. The van der Waals surface area contributed by atoms with Gasteiger partial charge in [0.1, 0.15) is 0 Å². The fraction of sp³-hybridized carbons (Fsp3) is 0.0189. The Balaban J connectivity index is 0.000000133. The van der Waals surface area contributed by atoms with E-state index in [2.05, 4.69) is 431 Å². The van der Waals surface area contributed by atoms with E-state index in [1.54, 1.807) is 0 Å². The highest BCUT2D eigenvalue weighted by Gasteiger charge is 2.54. The highest BCUT2D eigenvalue weighted by atomic mass is 15.2. The minimum atomic E-state index is -0.550. The van der Waals surface area contributed by atoms with Crippen molar-refractivity contribution in [3.8, 4) is 55.9 Å². The molecular formula is C106H68N4. The maximum absolute atomic E-state index is 2.49. The molecule has 4 heteroatoms. The lowest BCUT2D eigenvalue weighted by molar-refractivity contribution is 0.791. The Morgan fingerprint density at radius 3 is 0.791 bits per heavy atom. The zero-order valence-electron chi connectivity index (χ0n) is 60.0. The third-order valence-corrected chi connectivity index (χ3v) is 24.4. The highest BCUT2D eigenvalue weighted by molar-refractivity contribution is 6.12. The van der Waals surface area contributed by atoms with Crippen molar-refractivity contribution in [2.24, 2.45) is 0 Å². The van der Waals surface area contributed by atoms with Crippen LogP contribution in [-0.2, 0) is 10.8 Å². The molecule has 4 aliphatic rings. The average molecular weight is 1400 g/mol. The third-order valence-electron chi connectivity index (χ3n) is 24.4.